The number of rotatable bonds is 10. The Morgan fingerprint density at radius 3 is 1.03 bits per heavy atom. The van der Waals surface area contributed by atoms with Crippen molar-refractivity contribution in [2.24, 2.45) is 0 Å². The van der Waals surface area contributed by atoms with Gasteiger partial charge in [-0.1, -0.05) is 0 Å². The van der Waals surface area contributed by atoms with Crippen LogP contribution in [0.3, 0.4) is 0 Å². The van der Waals surface area contributed by atoms with E-state index in [4.69, 9.17) is 10.2 Å². The predicted octanol–water partition coefficient (Wildman–Crippen LogP) is -4.20. The van der Waals surface area contributed by atoms with E-state index >= 15 is 0 Å². The van der Waals surface area contributed by atoms with Gasteiger partial charge in [-0.3, -0.25) is 0 Å². The highest BCUT2D eigenvalue weighted by Crippen LogP contribution is 1.96. The Hall–Kier alpha value is -3.44. The van der Waals surface area contributed by atoms with E-state index in [2.05, 4.69) is 9.47 Å². The van der Waals surface area contributed by atoms with E-state index in [9.17, 15) is 52.8 Å². The fourth-order valence-corrected chi connectivity index (χ4v) is 2.53. The van der Waals surface area contributed by atoms with Gasteiger partial charge in [0.05, 0.1) is 0 Å². The van der Waals surface area contributed by atoms with Crippen LogP contribution in [0, 0.1) is 0 Å². The maximum atomic E-state index is 10.6. The average molecular weight is 575 g/mol. The molecule has 22 heteroatoms. The van der Waals surface area contributed by atoms with Gasteiger partial charge < -0.3 is 32.0 Å². The fraction of sp³-hybridized carbons (Fsp3) is 0.333. The molecule has 0 atom stereocenters. The van der Waals surface area contributed by atoms with Crippen molar-refractivity contribution >= 4 is 85.5 Å². The van der Waals surface area contributed by atoms with Gasteiger partial charge in [-0.2, -0.15) is 33.7 Å². The standard InChI is InChI=1S/2C6H6O8S2.2H3N/c7-5(3-15(9)10)13-1-2-14-6(8)4-16(11)12;7-5(8)3(15(11)12)1-2-4(6(9)10)16(13)14;;/h3-4H,1-2H2;1-2H2,(H,7,8)(H,9,10);2*1H3. The monoisotopic (exact) mass is 574 g/mol. The van der Waals surface area contributed by atoms with Gasteiger partial charge in [0, 0.05) is 0 Å². The van der Waals surface area contributed by atoms with Gasteiger partial charge in [-0.15, -0.1) is 0 Å². The molecule has 34 heavy (non-hydrogen) atoms. The molecule has 18 nitrogen and oxygen atoms in total. The van der Waals surface area contributed by atoms with Crippen molar-refractivity contribution in [2.75, 3.05) is 13.2 Å². The number of esters is 2. The first kappa shape index (κ1) is 37.9. The highest BCUT2D eigenvalue weighted by molar-refractivity contribution is 7.75. The first-order valence-corrected chi connectivity index (χ1v) is 11.7. The largest absolute Gasteiger partial charge is 0.477 e. The summed E-state index contributed by atoms with van der Waals surface area (Å²) in [4.78, 5) is 39.9. The fourth-order valence-electron chi connectivity index (χ4n) is 1.26. The molecule has 0 heterocycles. The molecule has 0 amide bonds. The second-order valence-corrected chi connectivity index (χ2v) is 7.96. The van der Waals surface area contributed by atoms with E-state index in [1.165, 1.54) is 0 Å². The van der Waals surface area contributed by atoms with E-state index < -0.39 is 87.6 Å². The van der Waals surface area contributed by atoms with Crippen LogP contribution < -0.4 is 12.3 Å². The van der Waals surface area contributed by atoms with Crippen LogP contribution in [0.5, 0.6) is 0 Å². The third-order valence-electron chi connectivity index (χ3n) is 2.42. The molecule has 0 spiro atoms. The topological polar surface area (TPSA) is 334 Å². The van der Waals surface area contributed by atoms with Crippen molar-refractivity contribution in [1.29, 1.82) is 0 Å². The SMILES string of the molecule is N.N.O=C(C=S(=O)=O)OCCOC(=O)C=S(=O)=O.O=C(O)C(CCC(C(=O)O)=S(=O)=O)=S(=O)=O. The van der Waals surface area contributed by atoms with E-state index in [1.54, 1.807) is 0 Å². The molecule has 0 fully saturated rings. The van der Waals surface area contributed by atoms with Crippen molar-refractivity contribution in [1.82, 2.24) is 12.3 Å². The summed E-state index contributed by atoms with van der Waals surface area (Å²) >= 11 is 0. The Morgan fingerprint density at radius 2 is 0.853 bits per heavy atom. The van der Waals surface area contributed by atoms with Gasteiger partial charge in [0.15, 0.2) is 9.73 Å². The third kappa shape index (κ3) is 20.5. The number of carbonyl (C=O) groups excluding carboxylic acids is 2. The zero-order valence-corrected chi connectivity index (χ0v) is 19.9. The molecule has 0 aliphatic rings. The number of carboxylic acid groups (broad SMARTS) is 2. The summed E-state index contributed by atoms with van der Waals surface area (Å²) in [6.45, 7) is -0.755. The van der Waals surface area contributed by atoms with Crippen molar-refractivity contribution in [3.05, 3.63) is 0 Å². The molecule has 0 unspecified atom stereocenters. The lowest BCUT2D eigenvalue weighted by Gasteiger charge is -2.00. The Kier molecular flexibility index (Phi) is 22.5. The average Bonchev–Trinajstić information content (AvgIpc) is 2.60. The summed E-state index contributed by atoms with van der Waals surface area (Å²) in [6, 6.07) is 0. The van der Waals surface area contributed by atoms with Crippen LogP contribution in [0.2, 0.25) is 0 Å². The van der Waals surface area contributed by atoms with E-state index in [1.807, 2.05) is 0 Å². The number of hydrogen-bond donors (Lipinski definition) is 4. The highest BCUT2D eigenvalue weighted by Gasteiger charge is 2.17. The first-order chi connectivity index (χ1) is 14.7. The Labute approximate surface area is 196 Å². The molecular weight excluding hydrogens is 556 g/mol. The molecule has 0 saturated heterocycles. The molecule has 196 valence electrons. The molecule has 0 aromatic carbocycles. The van der Waals surface area contributed by atoms with E-state index in [0.717, 1.165) is 0 Å². The van der Waals surface area contributed by atoms with Gasteiger partial charge in [0.2, 0.25) is 41.2 Å². The molecule has 0 saturated carbocycles. The lowest BCUT2D eigenvalue weighted by molar-refractivity contribution is -0.142. The number of carbonyl (C=O) groups is 4. The van der Waals surface area contributed by atoms with Crippen LogP contribution in [0.25, 0.3) is 0 Å². The van der Waals surface area contributed by atoms with Crippen LogP contribution in [-0.2, 0) is 69.8 Å². The normalized spacial score (nSPS) is 8.47. The smallest absolute Gasteiger partial charge is 0.347 e. The first-order valence-electron chi connectivity index (χ1n) is 7.25. The Morgan fingerprint density at radius 1 is 0.588 bits per heavy atom. The van der Waals surface area contributed by atoms with E-state index in [-0.39, 0.29) is 25.5 Å². The van der Waals surface area contributed by atoms with Crippen LogP contribution in [0.4, 0.5) is 0 Å². The molecule has 0 aromatic rings. The summed E-state index contributed by atoms with van der Waals surface area (Å²) in [5.41, 5.74) is 0. The maximum Gasteiger partial charge on any atom is 0.347 e. The van der Waals surface area contributed by atoms with Crippen LogP contribution in [-0.4, -0.2) is 101 Å². The van der Waals surface area contributed by atoms with Gasteiger partial charge in [-0.05, 0) is 12.8 Å². The van der Waals surface area contributed by atoms with Crippen LogP contribution >= 0.6 is 0 Å². The quantitative estimate of drug-likeness (QED) is 0.109. The van der Waals surface area contributed by atoms with Crippen LogP contribution in [0.15, 0.2) is 0 Å². The molecule has 0 rings (SSSR count). The van der Waals surface area contributed by atoms with E-state index in [0.29, 0.717) is 10.7 Å². The van der Waals surface area contributed by atoms with Crippen molar-refractivity contribution in [3.8, 4) is 0 Å². The Balaban J connectivity index is -0.000000250. The lowest BCUT2D eigenvalue weighted by Crippen LogP contribution is -2.20. The third-order valence-corrected chi connectivity index (χ3v) is 4.75. The van der Waals surface area contributed by atoms with Gasteiger partial charge in [0.1, 0.15) is 23.9 Å². The minimum absolute atomic E-state index is 0. The summed E-state index contributed by atoms with van der Waals surface area (Å²) in [5.74, 6) is -5.70. The van der Waals surface area contributed by atoms with Gasteiger partial charge >= 0.3 is 23.9 Å². The van der Waals surface area contributed by atoms with Crippen molar-refractivity contribution < 1.29 is 72.5 Å². The molecule has 8 N–H and O–H groups in total. The van der Waals surface area contributed by atoms with Gasteiger partial charge in [-0.25, -0.2) is 19.2 Å². The number of carboxylic acids is 2. The van der Waals surface area contributed by atoms with Crippen LogP contribution in [0.1, 0.15) is 12.8 Å². The molecular formula is C12H18N2O16S4. The second-order valence-electron chi connectivity index (χ2n) is 4.52. The number of aliphatic carboxylic acids is 2. The number of hydrogen-bond acceptors (Lipinski definition) is 16. The minimum Gasteiger partial charge on any atom is -0.477 e. The zero-order valence-electron chi connectivity index (χ0n) is 16.6. The second kappa shape index (κ2) is 20.2. The molecule has 0 radical (unpaired) electrons. The lowest BCUT2D eigenvalue weighted by atomic mass is 10.2. The molecule has 0 aromatic heterocycles. The molecule has 0 aliphatic carbocycles. The Bertz CT molecular complexity index is 1180. The van der Waals surface area contributed by atoms with Crippen molar-refractivity contribution in [2.45, 2.75) is 12.8 Å². The highest BCUT2D eigenvalue weighted by atomic mass is 32.2. The van der Waals surface area contributed by atoms with Crippen molar-refractivity contribution in [3.63, 3.8) is 0 Å². The number of ether oxygens (including phenoxy) is 2. The maximum absolute atomic E-state index is 10.6. The van der Waals surface area contributed by atoms with Gasteiger partial charge in [0.25, 0.3) is 0 Å². The summed E-state index contributed by atoms with van der Waals surface area (Å²) in [6.07, 6.45) is -1.39. The predicted molar refractivity (Wildman–Crippen MR) is 114 cm³/mol. The minimum atomic E-state index is -3.02. The summed E-state index contributed by atoms with van der Waals surface area (Å²) < 4.78 is 89.8. The zero-order chi connectivity index (χ0) is 25.4. The summed E-state index contributed by atoms with van der Waals surface area (Å²) in [7, 11) is -11.4. The molecule has 0 aliphatic heterocycles. The summed E-state index contributed by atoms with van der Waals surface area (Å²) in [5, 5.41) is 17.4. The molecule has 0 bridgehead atoms.